The van der Waals surface area contributed by atoms with Crippen LogP contribution < -0.4 is 4.74 Å². The zero-order valence-corrected chi connectivity index (χ0v) is 17.3. The van der Waals surface area contributed by atoms with Crippen LogP contribution in [0.3, 0.4) is 0 Å². The summed E-state index contributed by atoms with van der Waals surface area (Å²) in [4.78, 5) is 2.54. The highest BCUT2D eigenvalue weighted by Crippen LogP contribution is 2.41. The van der Waals surface area contributed by atoms with E-state index in [1.165, 1.54) is 37.7 Å². The van der Waals surface area contributed by atoms with Crippen LogP contribution in [0.15, 0.2) is 24.3 Å². The van der Waals surface area contributed by atoms with Gasteiger partial charge in [-0.1, -0.05) is 37.3 Å². The lowest BCUT2D eigenvalue weighted by Gasteiger charge is -2.44. The van der Waals surface area contributed by atoms with Gasteiger partial charge in [-0.15, -0.1) is 4.37 Å². The van der Waals surface area contributed by atoms with Crippen LogP contribution in [0.2, 0.25) is 5.02 Å². The molecule has 0 radical (unpaired) electrons. The molecule has 3 fully saturated rings. The van der Waals surface area contributed by atoms with Crippen LogP contribution in [-0.4, -0.2) is 39.4 Å². The van der Waals surface area contributed by atoms with Crippen molar-refractivity contribution >= 4 is 23.3 Å². The summed E-state index contributed by atoms with van der Waals surface area (Å²) in [5.74, 6) is 8.56. The third kappa shape index (κ3) is 4.29. The van der Waals surface area contributed by atoms with Crippen molar-refractivity contribution in [1.82, 2.24) is 13.6 Å². The molecule has 3 aliphatic heterocycles. The molecule has 0 amide bonds. The Hall–Kier alpha value is -1.61. The Morgan fingerprint density at radius 2 is 1.93 bits per heavy atom. The van der Waals surface area contributed by atoms with Gasteiger partial charge in [-0.2, -0.15) is 4.37 Å². The molecule has 2 bridgehead atoms. The SMILES string of the molecule is CC(C)C(C#Cc1ccc(Cl)cc1)Oc1nsnc1C1CN2CCC1CC2. The van der Waals surface area contributed by atoms with Crippen molar-refractivity contribution in [3.8, 4) is 17.7 Å². The van der Waals surface area contributed by atoms with E-state index in [-0.39, 0.29) is 12.0 Å². The molecule has 0 spiro atoms. The number of ether oxygens (including phenoxy) is 1. The molecule has 2 atom stereocenters. The minimum Gasteiger partial charge on any atom is -0.459 e. The van der Waals surface area contributed by atoms with Gasteiger partial charge in [0.15, 0.2) is 6.10 Å². The van der Waals surface area contributed by atoms with Gasteiger partial charge in [-0.3, -0.25) is 0 Å². The number of benzene rings is 1. The third-order valence-corrected chi connectivity index (χ3v) is 6.31. The van der Waals surface area contributed by atoms with E-state index in [0.29, 0.717) is 22.7 Å². The van der Waals surface area contributed by atoms with Gasteiger partial charge in [0.2, 0.25) is 0 Å². The summed E-state index contributed by atoms with van der Waals surface area (Å²) in [6, 6.07) is 7.56. The highest BCUT2D eigenvalue weighted by molar-refractivity contribution is 6.99. The third-order valence-electron chi connectivity index (χ3n) is 5.54. The van der Waals surface area contributed by atoms with Crippen LogP contribution in [0, 0.1) is 23.7 Å². The summed E-state index contributed by atoms with van der Waals surface area (Å²) < 4.78 is 15.4. The fourth-order valence-corrected chi connectivity index (χ4v) is 4.59. The minimum absolute atomic E-state index is 0.218. The number of halogens is 1. The maximum atomic E-state index is 6.27. The van der Waals surface area contributed by atoms with E-state index < -0.39 is 0 Å². The van der Waals surface area contributed by atoms with Crippen LogP contribution in [0.4, 0.5) is 0 Å². The highest BCUT2D eigenvalue weighted by Gasteiger charge is 2.38. The lowest BCUT2D eigenvalue weighted by atomic mass is 9.77. The van der Waals surface area contributed by atoms with E-state index in [2.05, 4.69) is 39.3 Å². The van der Waals surface area contributed by atoms with Gasteiger partial charge in [0.05, 0.1) is 11.7 Å². The average molecular weight is 402 g/mol. The number of piperidine rings is 3. The second-order valence-electron chi connectivity index (χ2n) is 7.76. The van der Waals surface area contributed by atoms with Gasteiger partial charge < -0.3 is 9.64 Å². The molecule has 2 aromatic rings. The maximum absolute atomic E-state index is 6.27. The van der Waals surface area contributed by atoms with Crippen molar-refractivity contribution in [2.45, 2.75) is 38.7 Å². The summed E-state index contributed by atoms with van der Waals surface area (Å²) >= 11 is 7.20. The fourth-order valence-electron chi connectivity index (χ4n) is 3.91. The van der Waals surface area contributed by atoms with Gasteiger partial charge in [0.1, 0.15) is 5.69 Å². The van der Waals surface area contributed by atoms with Gasteiger partial charge in [0, 0.05) is 29.0 Å². The first-order valence-corrected chi connectivity index (χ1v) is 10.7. The Morgan fingerprint density at radius 3 is 2.56 bits per heavy atom. The molecule has 0 N–H and O–H groups in total. The quantitative estimate of drug-likeness (QED) is 0.709. The highest BCUT2D eigenvalue weighted by atomic mass is 35.5. The lowest BCUT2D eigenvalue weighted by Crippen LogP contribution is -2.46. The first-order chi connectivity index (χ1) is 13.1. The molecule has 0 aliphatic carbocycles. The van der Waals surface area contributed by atoms with Crippen molar-refractivity contribution in [2.75, 3.05) is 19.6 Å². The van der Waals surface area contributed by atoms with E-state index in [9.17, 15) is 0 Å². The van der Waals surface area contributed by atoms with E-state index in [0.717, 1.165) is 17.8 Å². The van der Waals surface area contributed by atoms with Gasteiger partial charge >= 0.3 is 0 Å². The molecule has 142 valence electrons. The second kappa shape index (κ2) is 8.18. The summed E-state index contributed by atoms with van der Waals surface area (Å²) in [7, 11) is 0. The summed E-state index contributed by atoms with van der Waals surface area (Å²) in [6.07, 6.45) is 2.29. The van der Waals surface area contributed by atoms with Gasteiger partial charge in [-0.05, 0) is 56.1 Å². The van der Waals surface area contributed by atoms with Crippen LogP contribution >= 0.6 is 23.3 Å². The predicted octanol–water partition coefficient (Wildman–Crippen LogP) is 4.46. The number of nitrogens with zero attached hydrogens (tertiary/aromatic N) is 3. The van der Waals surface area contributed by atoms with Crippen molar-refractivity contribution in [1.29, 1.82) is 0 Å². The Labute approximate surface area is 170 Å². The summed E-state index contributed by atoms with van der Waals surface area (Å²) in [6.45, 7) is 7.76. The first kappa shape index (κ1) is 18.7. The Balaban J connectivity index is 1.52. The smallest absolute Gasteiger partial charge is 0.250 e. The molecular formula is C21H24ClN3OS. The van der Waals surface area contributed by atoms with E-state index in [4.69, 9.17) is 16.3 Å². The van der Waals surface area contributed by atoms with Crippen LogP contribution in [0.1, 0.15) is 43.9 Å². The molecule has 6 heteroatoms. The number of hydrogen-bond acceptors (Lipinski definition) is 5. The molecule has 0 saturated carbocycles. The molecule has 5 rings (SSSR count). The molecule has 1 aromatic heterocycles. The minimum atomic E-state index is -0.218. The molecular weight excluding hydrogens is 378 g/mol. The predicted molar refractivity (Wildman–Crippen MR) is 109 cm³/mol. The van der Waals surface area contributed by atoms with E-state index in [1.807, 2.05) is 24.3 Å². The van der Waals surface area contributed by atoms with Crippen molar-refractivity contribution in [2.24, 2.45) is 11.8 Å². The number of aromatic nitrogens is 2. The molecule has 1 aromatic carbocycles. The van der Waals surface area contributed by atoms with Crippen molar-refractivity contribution < 1.29 is 4.74 Å². The van der Waals surface area contributed by atoms with Crippen LogP contribution in [0.5, 0.6) is 5.88 Å². The van der Waals surface area contributed by atoms with Gasteiger partial charge in [0.25, 0.3) is 5.88 Å². The molecule has 3 aliphatic rings. The topological polar surface area (TPSA) is 38.3 Å². The van der Waals surface area contributed by atoms with Crippen molar-refractivity contribution in [3.63, 3.8) is 0 Å². The fraction of sp³-hybridized carbons (Fsp3) is 0.524. The van der Waals surface area contributed by atoms with E-state index in [1.54, 1.807) is 0 Å². The lowest BCUT2D eigenvalue weighted by molar-refractivity contribution is 0.0829. The summed E-state index contributed by atoms with van der Waals surface area (Å²) in [5, 5.41) is 0.716. The number of hydrogen-bond donors (Lipinski definition) is 0. The van der Waals surface area contributed by atoms with Gasteiger partial charge in [-0.25, -0.2) is 0 Å². The monoisotopic (exact) mass is 401 g/mol. The normalized spacial score (nSPS) is 25.1. The van der Waals surface area contributed by atoms with Crippen LogP contribution in [-0.2, 0) is 0 Å². The Kier molecular flexibility index (Phi) is 5.68. The van der Waals surface area contributed by atoms with Crippen molar-refractivity contribution in [3.05, 3.63) is 40.5 Å². The Bertz CT molecular complexity index is 831. The average Bonchev–Trinajstić information content (AvgIpc) is 3.15. The van der Waals surface area contributed by atoms with Crippen LogP contribution in [0.25, 0.3) is 0 Å². The largest absolute Gasteiger partial charge is 0.459 e. The standard InChI is InChI=1S/C21H24ClN3OS/c1-14(2)19(8-5-15-3-6-17(22)7-4-15)26-21-20(23-27-24-21)18-13-25-11-9-16(18)10-12-25/h3-4,6-7,14,16,18-19H,9-13H2,1-2H3. The maximum Gasteiger partial charge on any atom is 0.250 e. The zero-order chi connectivity index (χ0) is 18.8. The molecule has 4 nitrogen and oxygen atoms in total. The molecule has 27 heavy (non-hydrogen) atoms. The molecule has 4 heterocycles. The Morgan fingerprint density at radius 1 is 1.19 bits per heavy atom. The van der Waals surface area contributed by atoms with E-state index >= 15 is 0 Å². The summed E-state index contributed by atoms with van der Waals surface area (Å²) in [5.41, 5.74) is 1.97. The number of rotatable bonds is 4. The zero-order valence-electron chi connectivity index (χ0n) is 15.7. The molecule has 2 unspecified atom stereocenters. The molecule has 3 saturated heterocycles. The second-order valence-corrected chi connectivity index (χ2v) is 8.72. The first-order valence-electron chi connectivity index (χ1n) is 9.58. The number of fused-ring (bicyclic) bond motifs is 3.